The minimum atomic E-state index is -0.516. The van der Waals surface area contributed by atoms with Crippen molar-refractivity contribution < 1.29 is 14.3 Å². The summed E-state index contributed by atoms with van der Waals surface area (Å²) in [5, 5.41) is 3.45. The molecule has 1 aromatic heterocycles. The van der Waals surface area contributed by atoms with Gasteiger partial charge in [0.15, 0.2) is 6.10 Å². The highest BCUT2D eigenvalue weighted by Gasteiger charge is 2.33. The average Bonchev–Trinajstić information content (AvgIpc) is 3.05. The summed E-state index contributed by atoms with van der Waals surface area (Å²) in [5.74, 6) is 1.56. The third-order valence-corrected chi connectivity index (χ3v) is 6.58. The molecule has 1 atom stereocenters. The van der Waals surface area contributed by atoms with E-state index in [-0.39, 0.29) is 5.91 Å². The third kappa shape index (κ3) is 3.78. The minimum Gasteiger partial charge on any atom is -0.480 e. The molecule has 3 aliphatic rings. The number of aromatic nitrogens is 1. The van der Waals surface area contributed by atoms with Crippen molar-refractivity contribution in [2.75, 3.05) is 41.4 Å². The Labute approximate surface area is 192 Å². The lowest BCUT2D eigenvalue weighted by Gasteiger charge is -2.33. The number of morpholine rings is 1. The summed E-state index contributed by atoms with van der Waals surface area (Å²) in [7, 11) is 0. The van der Waals surface area contributed by atoms with E-state index in [0.29, 0.717) is 26.2 Å². The summed E-state index contributed by atoms with van der Waals surface area (Å²) < 4.78 is 11.7. The number of anilines is 4. The molecule has 7 nitrogen and oxygen atoms in total. The van der Waals surface area contributed by atoms with Crippen LogP contribution in [0.2, 0.25) is 0 Å². The molecule has 1 unspecified atom stereocenters. The summed E-state index contributed by atoms with van der Waals surface area (Å²) in [5.41, 5.74) is 4.94. The van der Waals surface area contributed by atoms with Crippen LogP contribution in [-0.2, 0) is 22.5 Å². The number of aryl methyl sites for hydroxylation is 1. The van der Waals surface area contributed by atoms with E-state index in [4.69, 9.17) is 9.47 Å². The molecule has 3 aromatic rings. The number of ether oxygens (including phenoxy) is 2. The fourth-order valence-electron chi connectivity index (χ4n) is 4.80. The molecule has 33 heavy (non-hydrogen) atoms. The van der Waals surface area contributed by atoms with E-state index in [1.165, 1.54) is 0 Å². The molecule has 7 heteroatoms. The van der Waals surface area contributed by atoms with Crippen molar-refractivity contribution in [3.8, 4) is 5.75 Å². The minimum absolute atomic E-state index is 0.0246. The fraction of sp³-hybridized carbons (Fsp3) is 0.308. The monoisotopic (exact) mass is 442 g/mol. The molecule has 0 aliphatic carbocycles. The largest absolute Gasteiger partial charge is 0.480 e. The van der Waals surface area contributed by atoms with Crippen molar-refractivity contribution in [2.24, 2.45) is 0 Å². The number of amides is 1. The van der Waals surface area contributed by atoms with E-state index >= 15 is 0 Å². The first-order valence-corrected chi connectivity index (χ1v) is 11.5. The van der Waals surface area contributed by atoms with E-state index in [1.54, 1.807) is 6.20 Å². The molecule has 0 spiro atoms. The average molecular weight is 443 g/mol. The zero-order valence-electron chi connectivity index (χ0n) is 18.4. The summed E-state index contributed by atoms with van der Waals surface area (Å²) in [6.07, 6.45) is 2.75. The van der Waals surface area contributed by atoms with Crippen molar-refractivity contribution in [3.63, 3.8) is 0 Å². The summed E-state index contributed by atoms with van der Waals surface area (Å²) in [4.78, 5) is 22.6. The Kier molecular flexibility index (Phi) is 5.11. The Morgan fingerprint density at radius 1 is 1.03 bits per heavy atom. The lowest BCUT2D eigenvalue weighted by atomic mass is 10.0. The van der Waals surface area contributed by atoms with Crippen LogP contribution < -0.4 is 19.9 Å². The van der Waals surface area contributed by atoms with E-state index in [9.17, 15) is 4.79 Å². The van der Waals surface area contributed by atoms with Gasteiger partial charge in [-0.3, -0.25) is 4.79 Å². The molecule has 1 N–H and O–H groups in total. The van der Waals surface area contributed by atoms with Gasteiger partial charge in [-0.2, -0.15) is 0 Å². The van der Waals surface area contributed by atoms with Crippen LogP contribution in [0.4, 0.5) is 22.9 Å². The molecule has 1 amide bonds. The zero-order valence-corrected chi connectivity index (χ0v) is 18.4. The van der Waals surface area contributed by atoms with Crippen LogP contribution in [0.25, 0.3) is 0 Å². The maximum absolute atomic E-state index is 13.9. The quantitative estimate of drug-likeness (QED) is 0.649. The van der Waals surface area contributed by atoms with Gasteiger partial charge in [0, 0.05) is 30.5 Å². The molecule has 1 saturated heterocycles. The number of benzene rings is 2. The number of para-hydroxylation sites is 1. The highest BCUT2D eigenvalue weighted by molar-refractivity contribution is 6.01. The van der Waals surface area contributed by atoms with E-state index in [1.807, 2.05) is 41.3 Å². The van der Waals surface area contributed by atoms with Crippen molar-refractivity contribution in [1.82, 2.24) is 4.98 Å². The Hall–Kier alpha value is -3.58. The summed E-state index contributed by atoms with van der Waals surface area (Å²) in [6, 6.07) is 18.1. The van der Waals surface area contributed by atoms with Gasteiger partial charge < -0.3 is 24.6 Å². The predicted molar refractivity (Wildman–Crippen MR) is 127 cm³/mol. The van der Waals surface area contributed by atoms with Gasteiger partial charge in [-0.05, 0) is 48.7 Å². The number of fused-ring (bicyclic) bond motifs is 3. The standard InChI is InChI=1S/C26H26N4O3/c31-26(24-10-7-18-4-1-2-6-23(18)33-24)30-17-19-5-3-11-27-25(19)28-21-9-8-20(16-22(21)30)29-12-14-32-15-13-29/h1-6,8-9,11,16,24H,7,10,12-15,17H2,(H,27,28). The van der Waals surface area contributed by atoms with E-state index in [0.717, 1.165) is 59.3 Å². The van der Waals surface area contributed by atoms with Gasteiger partial charge >= 0.3 is 0 Å². The second kappa shape index (κ2) is 8.41. The highest BCUT2D eigenvalue weighted by Crippen LogP contribution is 2.39. The number of hydrogen-bond acceptors (Lipinski definition) is 6. The third-order valence-electron chi connectivity index (χ3n) is 6.58. The maximum atomic E-state index is 13.9. The normalized spacial score (nSPS) is 19.3. The number of nitrogens with zero attached hydrogens (tertiary/aromatic N) is 3. The molecular formula is C26H26N4O3. The summed E-state index contributed by atoms with van der Waals surface area (Å²) in [6.45, 7) is 3.54. The van der Waals surface area contributed by atoms with Crippen LogP contribution in [0.15, 0.2) is 60.8 Å². The smallest absolute Gasteiger partial charge is 0.268 e. The molecule has 0 radical (unpaired) electrons. The van der Waals surface area contributed by atoms with Crippen LogP contribution in [0.1, 0.15) is 17.5 Å². The van der Waals surface area contributed by atoms with Crippen molar-refractivity contribution >= 4 is 28.8 Å². The molecule has 4 heterocycles. The summed E-state index contributed by atoms with van der Waals surface area (Å²) >= 11 is 0. The SMILES string of the molecule is O=C(C1CCc2ccccc2O1)N1Cc2cccnc2Nc2ccc(N3CCOCC3)cc21. The van der Waals surface area contributed by atoms with Crippen LogP contribution in [0, 0.1) is 0 Å². The molecule has 3 aliphatic heterocycles. The zero-order chi connectivity index (χ0) is 22.2. The maximum Gasteiger partial charge on any atom is 0.268 e. The van der Waals surface area contributed by atoms with Gasteiger partial charge in [-0.25, -0.2) is 4.98 Å². The Bertz CT molecular complexity index is 1190. The molecule has 6 rings (SSSR count). The fourth-order valence-corrected chi connectivity index (χ4v) is 4.80. The van der Waals surface area contributed by atoms with Crippen LogP contribution in [0.3, 0.4) is 0 Å². The highest BCUT2D eigenvalue weighted by atomic mass is 16.5. The Morgan fingerprint density at radius 3 is 2.79 bits per heavy atom. The van der Waals surface area contributed by atoms with Gasteiger partial charge in [0.1, 0.15) is 11.6 Å². The number of carbonyl (C=O) groups excluding carboxylic acids is 1. The van der Waals surface area contributed by atoms with Crippen LogP contribution in [-0.4, -0.2) is 43.3 Å². The number of hydrogen-bond donors (Lipinski definition) is 1. The Morgan fingerprint density at radius 2 is 1.88 bits per heavy atom. The lowest BCUT2D eigenvalue weighted by molar-refractivity contribution is -0.126. The van der Waals surface area contributed by atoms with Gasteiger partial charge in [-0.1, -0.05) is 24.3 Å². The van der Waals surface area contributed by atoms with Crippen LogP contribution in [0.5, 0.6) is 5.75 Å². The van der Waals surface area contributed by atoms with E-state index in [2.05, 4.69) is 33.4 Å². The number of nitrogens with one attached hydrogen (secondary N) is 1. The number of rotatable bonds is 2. The van der Waals surface area contributed by atoms with Gasteiger partial charge in [0.2, 0.25) is 0 Å². The van der Waals surface area contributed by atoms with Crippen molar-refractivity contribution in [3.05, 3.63) is 71.9 Å². The van der Waals surface area contributed by atoms with E-state index < -0.39 is 6.10 Å². The van der Waals surface area contributed by atoms with Crippen molar-refractivity contribution in [1.29, 1.82) is 0 Å². The molecule has 1 fully saturated rings. The first-order valence-electron chi connectivity index (χ1n) is 11.5. The second-order valence-corrected chi connectivity index (χ2v) is 8.61. The second-order valence-electron chi connectivity index (χ2n) is 8.61. The first kappa shape index (κ1) is 20.1. The molecule has 0 saturated carbocycles. The number of pyridine rings is 1. The molecule has 2 aromatic carbocycles. The Balaban J connectivity index is 1.38. The van der Waals surface area contributed by atoms with Gasteiger partial charge in [-0.15, -0.1) is 0 Å². The first-order chi connectivity index (χ1) is 16.3. The lowest BCUT2D eigenvalue weighted by Crippen LogP contribution is -2.43. The number of carbonyl (C=O) groups is 1. The van der Waals surface area contributed by atoms with Gasteiger partial charge in [0.25, 0.3) is 5.91 Å². The topological polar surface area (TPSA) is 66.9 Å². The van der Waals surface area contributed by atoms with Gasteiger partial charge in [0.05, 0.1) is 31.1 Å². The molecular weight excluding hydrogens is 416 g/mol. The molecule has 0 bridgehead atoms. The van der Waals surface area contributed by atoms with Crippen molar-refractivity contribution in [2.45, 2.75) is 25.5 Å². The molecule has 168 valence electrons. The van der Waals surface area contributed by atoms with Crippen LogP contribution >= 0.6 is 0 Å². The predicted octanol–water partition coefficient (Wildman–Crippen LogP) is 3.90.